The Morgan fingerprint density at radius 2 is 1.20 bits per heavy atom. The molecule has 2 aromatic rings. The molecule has 2 N–H and O–H groups in total. The van der Waals surface area contributed by atoms with Gasteiger partial charge in [-0.05, 0) is 54.3 Å². The molecule has 2 heteroatoms. The second-order valence-electron chi connectivity index (χ2n) is 5.00. The minimum absolute atomic E-state index is 0.270. The van der Waals surface area contributed by atoms with Crippen LogP contribution in [0, 0.1) is 0 Å². The highest BCUT2D eigenvalue weighted by Gasteiger charge is 2.09. The number of allylic oxidation sites excluding steroid dienone is 1. The van der Waals surface area contributed by atoms with Crippen molar-refractivity contribution in [2.24, 2.45) is 0 Å². The van der Waals surface area contributed by atoms with Crippen molar-refractivity contribution in [1.82, 2.24) is 0 Å². The SMILES string of the molecule is CCCC(C)=C(c1ccc(O)cc1)c1ccc(O)cc1. The standard InChI is InChI=1S/C18H20O2/c1-3-4-13(2)18(14-5-9-16(19)10-6-14)15-7-11-17(20)12-8-15/h5-12,19-20H,3-4H2,1-2H3. The summed E-state index contributed by atoms with van der Waals surface area (Å²) in [4.78, 5) is 0. The van der Waals surface area contributed by atoms with Crippen LogP contribution >= 0.6 is 0 Å². The Morgan fingerprint density at radius 3 is 1.55 bits per heavy atom. The van der Waals surface area contributed by atoms with Gasteiger partial charge in [-0.2, -0.15) is 0 Å². The Kier molecular flexibility index (Phi) is 4.46. The van der Waals surface area contributed by atoms with Crippen molar-refractivity contribution in [2.75, 3.05) is 0 Å². The minimum atomic E-state index is 0.270. The third kappa shape index (κ3) is 3.21. The molecule has 0 fully saturated rings. The number of hydrogen-bond donors (Lipinski definition) is 2. The molecule has 2 aromatic carbocycles. The van der Waals surface area contributed by atoms with Gasteiger partial charge in [-0.15, -0.1) is 0 Å². The van der Waals surface area contributed by atoms with Crippen molar-refractivity contribution in [3.63, 3.8) is 0 Å². The normalized spacial score (nSPS) is 10.3. The van der Waals surface area contributed by atoms with Crippen LogP contribution in [-0.4, -0.2) is 10.2 Å². The Bertz CT molecular complexity index is 545. The lowest BCUT2D eigenvalue weighted by molar-refractivity contribution is 0.475. The maximum Gasteiger partial charge on any atom is 0.115 e. The summed E-state index contributed by atoms with van der Waals surface area (Å²) in [5.74, 6) is 0.541. The van der Waals surface area contributed by atoms with Crippen LogP contribution in [-0.2, 0) is 0 Å². The summed E-state index contributed by atoms with van der Waals surface area (Å²) in [6, 6.07) is 14.5. The van der Waals surface area contributed by atoms with Crippen molar-refractivity contribution >= 4 is 5.57 Å². The number of phenols is 2. The zero-order chi connectivity index (χ0) is 14.5. The van der Waals surface area contributed by atoms with E-state index < -0.39 is 0 Å². The van der Waals surface area contributed by atoms with E-state index in [1.165, 1.54) is 11.1 Å². The van der Waals surface area contributed by atoms with Gasteiger partial charge < -0.3 is 10.2 Å². The molecule has 0 amide bonds. The summed E-state index contributed by atoms with van der Waals surface area (Å²) in [7, 11) is 0. The first-order chi connectivity index (χ1) is 9.61. The third-order valence-electron chi connectivity index (χ3n) is 3.36. The van der Waals surface area contributed by atoms with Gasteiger partial charge >= 0.3 is 0 Å². The van der Waals surface area contributed by atoms with E-state index in [4.69, 9.17) is 0 Å². The molecule has 0 aromatic heterocycles. The minimum Gasteiger partial charge on any atom is -0.508 e. The molecule has 0 bridgehead atoms. The molecule has 0 saturated heterocycles. The molecule has 0 radical (unpaired) electrons. The predicted octanol–water partition coefficient (Wildman–Crippen LogP) is 4.72. The van der Waals surface area contributed by atoms with Crippen molar-refractivity contribution in [3.05, 3.63) is 65.2 Å². The Hall–Kier alpha value is -2.22. The van der Waals surface area contributed by atoms with Crippen LogP contribution in [0.15, 0.2) is 54.1 Å². The number of rotatable bonds is 4. The molecular formula is C18H20O2. The summed E-state index contributed by atoms with van der Waals surface area (Å²) in [5, 5.41) is 18.9. The van der Waals surface area contributed by atoms with Gasteiger partial charge in [0.25, 0.3) is 0 Å². The lowest BCUT2D eigenvalue weighted by Gasteiger charge is -2.13. The van der Waals surface area contributed by atoms with E-state index >= 15 is 0 Å². The van der Waals surface area contributed by atoms with Gasteiger partial charge in [0, 0.05) is 0 Å². The molecule has 0 saturated carbocycles. The molecule has 0 aliphatic carbocycles. The number of hydrogen-bond acceptors (Lipinski definition) is 2. The summed E-state index contributed by atoms with van der Waals surface area (Å²) < 4.78 is 0. The number of phenolic OH excluding ortho intramolecular Hbond substituents is 2. The van der Waals surface area contributed by atoms with Crippen molar-refractivity contribution in [1.29, 1.82) is 0 Å². The van der Waals surface area contributed by atoms with Crippen LogP contribution in [0.1, 0.15) is 37.8 Å². The van der Waals surface area contributed by atoms with Crippen molar-refractivity contribution in [3.8, 4) is 11.5 Å². The first-order valence-corrected chi connectivity index (χ1v) is 6.90. The summed E-state index contributed by atoms with van der Waals surface area (Å²) in [6.07, 6.45) is 2.11. The molecule has 104 valence electrons. The lowest BCUT2D eigenvalue weighted by atomic mass is 9.92. The molecular weight excluding hydrogens is 248 g/mol. The fourth-order valence-corrected chi connectivity index (χ4v) is 2.42. The Balaban J connectivity index is 2.53. The fourth-order valence-electron chi connectivity index (χ4n) is 2.42. The van der Waals surface area contributed by atoms with E-state index in [0.717, 1.165) is 24.0 Å². The Labute approximate surface area is 120 Å². The summed E-state index contributed by atoms with van der Waals surface area (Å²) in [5.41, 5.74) is 4.65. The topological polar surface area (TPSA) is 40.5 Å². The highest BCUT2D eigenvalue weighted by molar-refractivity contribution is 5.82. The van der Waals surface area contributed by atoms with E-state index in [1.807, 2.05) is 24.3 Å². The molecule has 2 rings (SSSR count). The number of benzene rings is 2. The monoisotopic (exact) mass is 268 g/mol. The van der Waals surface area contributed by atoms with Gasteiger partial charge in [-0.3, -0.25) is 0 Å². The highest BCUT2D eigenvalue weighted by Crippen LogP contribution is 2.30. The molecule has 20 heavy (non-hydrogen) atoms. The first kappa shape index (κ1) is 14.2. The zero-order valence-corrected chi connectivity index (χ0v) is 11.9. The quantitative estimate of drug-likeness (QED) is 0.842. The van der Waals surface area contributed by atoms with Crippen LogP contribution in [0.2, 0.25) is 0 Å². The molecule has 2 nitrogen and oxygen atoms in total. The van der Waals surface area contributed by atoms with E-state index in [-0.39, 0.29) is 11.5 Å². The van der Waals surface area contributed by atoms with E-state index in [1.54, 1.807) is 24.3 Å². The van der Waals surface area contributed by atoms with Gasteiger partial charge in [0.15, 0.2) is 0 Å². The predicted molar refractivity (Wildman–Crippen MR) is 82.8 cm³/mol. The van der Waals surface area contributed by atoms with Gasteiger partial charge in [-0.25, -0.2) is 0 Å². The van der Waals surface area contributed by atoms with Gasteiger partial charge in [0.1, 0.15) is 11.5 Å². The molecule has 0 atom stereocenters. The zero-order valence-electron chi connectivity index (χ0n) is 11.9. The van der Waals surface area contributed by atoms with Crippen LogP contribution in [0.5, 0.6) is 11.5 Å². The molecule has 0 spiro atoms. The van der Waals surface area contributed by atoms with Crippen LogP contribution in [0.4, 0.5) is 0 Å². The summed E-state index contributed by atoms with van der Waals surface area (Å²) in [6.45, 7) is 4.30. The highest BCUT2D eigenvalue weighted by atomic mass is 16.3. The van der Waals surface area contributed by atoms with Crippen molar-refractivity contribution < 1.29 is 10.2 Å². The van der Waals surface area contributed by atoms with Crippen LogP contribution < -0.4 is 0 Å². The molecule has 0 unspecified atom stereocenters. The van der Waals surface area contributed by atoms with Gasteiger partial charge in [0.2, 0.25) is 0 Å². The third-order valence-corrected chi connectivity index (χ3v) is 3.36. The molecule has 0 heterocycles. The Morgan fingerprint density at radius 1 is 0.800 bits per heavy atom. The lowest BCUT2D eigenvalue weighted by Crippen LogP contribution is -1.92. The van der Waals surface area contributed by atoms with Crippen LogP contribution in [0.25, 0.3) is 5.57 Å². The smallest absolute Gasteiger partial charge is 0.115 e. The fraction of sp³-hybridized carbons (Fsp3) is 0.222. The molecule has 0 aliphatic rings. The second kappa shape index (κ2) is 6.29. The average Bonchev–Trinajstić information content (AvgIpc) is 2.44. The van der Waals surface area contributed by atoms with E-state index in [0.29, 0.717) is 0 Å². The average molecular weight is 268 g/mol. The maximum atomic E-state index is 9.44. The van der Waals surface area contributed by atoms with E-state index in [9.17, 15) is 10.2 Å². The van der Waals surface area contributed by atoms with Crippen molar-refractivity contribution in [2.45, 2.75) is 26.7 Å². The second-order valence-corrected chi connectivity index (χ2v) is 5.00. The first-order valence-electron chi connectivity index (χ1n) is 6.90. The number of aromatic hydroxyl groups is 2. The molecule has 0 aliphatic heterocycles. The summed E-state index contributed by atoms with van der Waals surface area (Å²) >= 11 is 0. The van der Waals surface area contributed by atoms with E-state index in [2.05, 4.69) is 13.8 Å². The van der Waals surface area contributed by atoms with Crippen LogP contribution in [0.3, 0.4) is 0 Å². The maximum absolute atomic E-state index is 9.44. The van der Waals surface area contributed by atoms with Gasteiger partial charge in [-0.1, -0.05) is 43.2 Å². The largest absolute Gasteiger partial charge is 0.508 e. The van der Waals surface area contributed by atoms with Gasteiger partial charge in [0.05, 0.1) is 0 Å².